The normalized spacial score (nSPS) is 22.3. The lowest BCUT2D eigenvalue weighted by molar-refractivity contribution is -0.137. The van der Waals surface area contributed by atoms with Gasteiger partial charge in [-0.1, -0.05) is 0 Å². The molecule has 0 aromatic heterocycles. The summed E-state index contributed by atoms with van der Waals surface area (Å²) in [6.07, 6.45) is 0.228. The first-order valence-corrected chi connectivity index (χ1v) is 4.91. The summed E-state index contributed by atoms with van der Waals surface area (Å²) in [6.45, 7) is 4.16. The van der Waals surface area contributed by atoms with Crippen molar-refractivity contribution in [1.82, 2.24) is 15.5 Å². The minimum atomic E-state index is -0.344. The summed E-state index contributed by atoms with van der Waals surface area (Å²) in [7, 11) is 1.58. The van der Waals surface area contributed by atoms with Crippen LogP contribution in [0.25, 0.3) is 0 Å². The third-order valence-corrected chi connectivity index (χ3v) is 2.43. The van der Waals surface area contributed by atoms with Crippen molar-refractivity contribution in [2.75, 3.05) is 26.7 Å². The summed E-state index contributed by atoms with van der Waals surface area (Å²) in [4.78, 5) is 24.6. The van der Waals surface area contributed by atoms with E-state index in [2.05, 4.69) is 10.6 Å². The zero-order chi connectivity index (χ0) is 10.6. The van der Waals surface area contributed by atoms with Gasteiger partial charge in [0.1, 0.15) is 0 Å². The summed E-state index contributed by atoms with van der Waals surface area (Å²) < 4.78 is 0. The first kappa shape index (κ1) is 11.0. The van der Waals surface area contributed by atoms with Crippen LogP contribution < -0.4 is 10.6 Å². The van der Waals surface area contributed by atoms with Gasteiger partial charge in [-0.05, 0) is 6.92 Å². The highest BCUT2D eigenvalue weighted by Gasteiger charge is 2.28. The molecule has 2 N–H and O–H groups in total. The van der Waals surface area contributed by atoms with Crippen molar-refractivity contribution in [3.8, 4) is 0 Å². The fourth-order valence-corrected chi connectivity index (χ4v) is 1.55. The van der Waals surface area contributed by atoms with E-state index in [1.165, 1.54) is 0 Å². The van der Waals surface area contributed by atoms with Crippen LogP contribution in [0.5, 0.6) is 0 Å². The third kappa shape index (κ3) is 2.45. The molecule has 0 saturated carbocycles. The van der Waals surface area contributed by atoms with Crippen LogP contribution in [0.4, 0.5) is 0 Å². The molecule has 0 aliphatic carbocycles. The summed E-state index contributed by atoms with van der Waals surface area (Å²) in [5.41, 5.74) is 0. The van der Waals surface area contributed by atoms with Crippen molar-refractivity contribution < 1.29 is 9.59 Å². The largest absolute Gasteiger partial charge is 0.359 e. The molecule has 80 valence electrons. The van der Waals surface area contributed by atoms with Gasteiger partial charge in [-0.25, -0.2) is 0 Å². The highest BCUT2D eigenvalue weighted by molar-refractivity contribution is 5.88. The Bertz CT molecular complexity index is 230. The number of hydrogen-bond donors (Lipinski definition) is 2. The summed E-state index contributed by atoms with van der Waals surface area (Å²) in [5.74, 6) is -0.0730. The van der Waals surface area contributed by atoms with Gasteiger partial charge in [0.2, 0.25) is 11.8 Å². The average molecular weight is 199 g/mol. The first-order valence-electron chi connectivity index (χ1n) is 4.91. The van der Waals surface area contributed by atoms with Crippen LogP contribution in [0.2, 0.25) is 0 Å². The zero-order valence-electron chi connectivity index (χ0n) is 8.67. The number of rotatable bonds is 3. The van der Waals surface area contributed by atoms with Gasteiger partial charge in [0, 0.05) is 26.7 Å². The van der Waals surface area contributed by atoms with E-state index in [1.807, 2.05) is 6.92 Å². The van der Waals surface area contributed by atoms with Crippen molar-refractivity contribution in [2.45, 2.75) is 19.4 Å². The number of piperazine rings is 1. The van der Waals surface area contributed by atoms with E-state index in [9.17, 15) is 9.59 Å². The Balaban J connectivity index is 2.52. The molecule has 1 aliphatic heterocycles. The van der Waals surface area contributed by atoms with Gasteiger partial charge < -0.3 is 15.5 Å². The van der Waals surface area contributed by atoms with Crippen LogP contribution in [0.3, 0.4) is 0 Å². The fourth-order valence-electron chi connectivity index (χ4n) is 1.55. The van der Waals surface area contributed by atoms with Crippen molar-refractivity contribution in [3.63, 3.8) is 0 Å². The van der Waals surface area contributed by atoms with Crippen molar-refractivity contribution in [2.24, 2.45) is 0 Å². The SMILES string of the molecule is CCN1CCNC(CC(=O)NC)C1=O. The van der Waals surface area contributed by atoms with Gasteiger partial charge in [-0.2, -0.15) is 0 Å². The second kappa shape index (κ2) is 4.95. The Hall–Kier alpha value is -1.10. The number of amides is 2. The molecule has 1 fully saturated rings. The Morgan fingerprint density at radius 2 is 2.43 bits per heavy atom. The van der Waals surface area contributed by atoms with Crippen LogP contribution in [-0.2, 0) is 9.59 Å². The molecule has 1 saturated heterocycles. The lowest BCUT2D eigenvalue weighted by atomic mass is 10.1. The topological polar surface area (TPSA) is 61.4 Å². The number of carbonyl (C=O) groups excluding carboxylic acids is 2. The summed E-state index contributed by atoms with van der Waals surface area (Å²) in [6, 6.07) is -0.344. The maximum Gasteiger partial charge on any atom is 0.240 e. The average Bonchev–Trinajstić information content (AvgIpc) is 2.21. The molecule has 1 atom stereocenters. The van der Waals surface area contributed by atoms with Crippen LogP contribution in [0, 0.1) is 0 Å². The van der Waals surface area contributed by atoms with Crippen molar-refractivity contribution >= 4 is 11.8 Å². The summed E-state index contributed by atoms with van der Waals surface area (Å²) >= 11 is 0. The molecule has 1 unspecified atom stereocenters. The molecule has 1 rings (SSSR count). The van der Waals surface area contributed by atoms with Gasteiger partial charge in [0.05, 0.1) is 12.5 Å². The van der Waals surface area contributed by atoms with Crippen molar-refractivity contribution in [3.05, 3.63) is 0 Å². The molecule has 5 nitrogen and oxygen atoms in total. The predicted octanol–water partition coefficient (Wildman–Crippen LogP) is -1.06. The molecule has 2 amide bonds. The zero-order valence-corrected chi connectivity index (χ0v) is 8.67. The molecule has 1 heterocycles. The van der Waals surface area contributed by atoms with Gasteiger partial charge in [-0.3, -0.25) is 9.59 Å². The molecule has 1 aliphatic rings. The van der Waals surface area contributed by atoms with E-state index >= 15 is 0 Å². The predicted molar refractivity (Wildman–Crippen MR) is 52.7 cm³/mol. The van der Waals surface area contributed by atoms with Crippen LogP contribution in [-0.4, -0.2) is 49.4 Å². The van der Waals surface area contributed by atoms with Gasteiger partial charge in [-0.15, -0.1) is 0 Å². The molecule has 14 heavy (non-hydrogen) atoms. The summed E-state index contributed by atoms with van der Waals surface area (Å²) in [5, 5.41) is 5.56. The molecule has 0 aromatic rings. The van der Waals surface area contributed by atoms with Crippen molar-refractivity contribution in [1.29, 1.82) is 0 Å². The Morgan fingerprint density at radius 3 is 3.00 bits per heavy atom. The second-order valence-electron chi connectivity index (χ2n) is 3.30. The van der Waals surface area contributed by atoms with E-state index in [0.717, 1.165) is 13.1 Å². The highest BCUT2D eigenvalue weighted by Crippen LogP contribution is 2.04. The molecule has 0 bridgehead atoms. The molecule has 0 aromatic carbocycles. The third-order valence-electron chi connectivity index (χ3n) is 2.43. The lowest BCUT2D eigenvalue weighted by Crippen LogP contribution is -2.55. The lowest BCUT2D eigenvalue weighted by Gasteiger charge is -2.31. The standard InChI is InChI=1S/C9H17N3O2/c1-3-12-5-4-11-7(9(12)14)6-8(13)10-2/h7,11H,3-6H2,1-2H3,(H,10,13). The Morgan fingerprint density at radius 1 is 1.71 bits per heavy atom. The van der Waals surface area contributed by atoms with E-state index in [1.54, 1.807) is 11.9 Å². The number of carbonyl (C=O) groups is 2. The highest BCUT2D eigenvalue weighted by atomic mass is 16.2. The van der Waals surface area contributed by atoms with Gasteiger partial charge >= 0.3 is 0 Å². The van der Waals surface area contributed by atoms with E-state index in [4.69, 9.17) is 0 Å². The molecular formula is C9H17N3O2. The second-order valence-corrected chi connectivity index (χ2v) is 3.30. The number of nitrogens with one attached hydrogen (secondary N) is 2. The van der Waals surface area contributed by atoms with E-state index in [-0.39, 0.29) is 24.3 Å². The minimum Gasteiger partial charge on any atom is -0.359 e. The molecule has 0 radical (unpaired) electrons. The van der Waals surface area contributed by atoms with Gasteiger partial charge in [0.25, 0.3) is 0 Å². The van der Waals surface area contributed by atoms with Crippen LogP contribution in [0.15, 0.2) is 0 Å². The Kier molecular flexibility index (Phi) is 3.88. The maximum atomic E-state index is 11.7. The van der Waals surface area contributed by atoms with Crippen LogP contribution in [0.1, 0.15) is 13.3 Å². The minimum absolute atomic E-state index is 0.0300. The number of nitrogens with zero attached hydrogens (tertiary/aromatic N) is 1. The Labute approximate surface area is 83.8 Å². The van der Waals surface area contributed by atoms with Gasteiger partial charge in [0.15, 0.2) is 0 Å². The smallest absolute Gasteiger partial charge is 0.240 e. The van der Waals surface area contributed by atoms with E-state index in [0.29, 0.717) is 6.54 Å². The fraction of sp³-hybridized carbons (Fsp3) is 0.778. The molecule has 0 spiro atoms. The quantitative estimate of drug-likeness (QED) is 0.609. The molecular weight excluding hydrogens is 182 g/mol. The maximum absolute atomic E-state index is 11.7. The van der Waals surface area contributed by atoms with E-state index < -0.39 is 0 Å². The first-order chi connectivity index (χ1) is 6.69. The number of likely N-dealkylation sites (N-methyl/N-ethyl adjacent to an activating group) is 1. The number of hydrogen-bond acceptors (Lipinski definition) is 3. The molecule has 5 heteroatoms. The monoisotopic (exact) mass is 199 g/mol. The van der Waals surface area contributed by atoms with Crippen LogP contribution >= 0.6 is 0 Å².